The molecule has 0 bridgehead atoms. The Morgan fingerprint density at radius 1 is 1.17 bits per heavy atom. The van der Waals surface area contributed by atoms with Crippen LogP contribution in [0.15, 0.2) is 45.8 Å². The van der Waals surface area contributed by atoms with E-state index >= 15 is 0 Å². The Bertz CT molecular complexity index is 1400. The number of hydrogen-bond donors (Lipinski definition) is 1. The van der Waals surface area contributed by atoms with Crippen molar-refractivity contribution >= 4 is 10.9 Å². The summed E-state index contributed by atoms with van der Waals surface area (Å²) in [5, 5.41) is 13.7. The molecular weight excluding hydrogens is 460 g/mol. The lowest BCUT2D eigenvalue weighted by Gasteiger charge is -2.37. The molecular formula is C26H30N6O4. The number of nitrogens with zero attached hydrogens (tertiary/aromatic N) is 5. The zero-order valence-electron chi connectivity index (χ0n) is 20.5. The van der Waals surface area contributed by atoms with E-state index in [0.717, 1.165) is 35.3 Å². The number of nitrogens with one attached hydrogen (secondary N) is 1. The lowest BCUT2D eigenvalue weighted by Crippen LogP contribution is -2.41. The van der Waals surface area contributed by atoms with E-state index in [4.69, 9.17) is 13.9 Å². The maximum Gasteiger partial charge on any atom is 0.252 e. The summed E-state index contributed by atoms with van der Waals surface area (Å²) in [4.78, 5) is 18.7. The summed E-state index contributed by atoms with van der Waals surface area (Å²) >= 11 is 0. The van der Waals surface area contributed by atoms with Gasteiger partial charge in [-0.05, 0) is 53.5 Å². The second kappa shape index (κ2) is 9.42. The normalized spacial score (nSPS) is 16.6. The molecule has 36 heavy (non-hydrogen) atoms. The fourth-order valence-corrected chi connectivity index (χ4v) is 5.56. The highest BCUT2D eigenvalue weighted by Gasteiger charge is 2.35. The number of furan rings is 1. The van der Waals surface area contributed by atoms with Crippen LogP contribution >= 0.6 is 0 Å². The van der Waals surface area contributed by atoms with Crippen LogP contribution in [0, 0.1) is 5.92 Å². The number of aromatic nitrogens is 5. The van der Waals surface area contributed by atoms with Crippen LogP contribution in [0.3, 0.4) is 0 Å². The van der Waals surface area contributed by atoms with Crippen LogP contribution in [-0.4, -0.2) is 42.9 Å². The Labute approximate surface area is 208 Å². The molecule has 0 spiro atoms. The van der Waals surface area contributed by atoms with E-state index in [2.05, 4.69) is 39.3 Å². The van der Waals surface area contributed by atoms with E-state index in [1.807, 2.05) is 35.0 Å². The number of tetrazole rings is 1. The molecule has 1 saturated carbocycles. The second-order valence-corrected chi connectivity index (χ2v) is 9.99. The molecule has 1 atom stereocenters. The average Bonchev–Trinajstić information content (AvgIpc) is 3.66. The first-order valence-corrected chi connectivity index (χ1v) is 12.6. The minimum atomic E-state index is -0.0953. The first-order valence-electron chi connectivity index (χ1n) is 12.6. The highest BCUT2D eigenvalue weighted by Crippen LogP contribution is 2.37. The molecule has 1 aromatic carbocycles. The molecule has 6 rings (SSSR count). The number of benzene rings is 1. The Morgan fingerprint density at radius 3 is 2.72 bits per heavy atom. The smallest absolute Gasteiger partial charge is 0.252 e. The van der Waals surface area contributed by atoms with Crippen molar-refractivity contribution in [2.75, 3.05) is 6.79 Å². The number of hydrogen-bond acceptors (Lipinski definition) is 8. The van der Waals surface area contributed by atoms with E-state index < -0.39 is 0 Å². The van der Waals surface area contributed by atoms with E-state index in [1.165, 1.54) is 12.8 Å². The molecule has 0 saturated heterocycles. The van der Waals surface area contributed by atoms with Crippen molar-refractivity contribution in [3.8, 4) is 11.5 Å². The summed E-state index contributed by atoms with van der Waals surface area (Å²) in [5.41, 5.74) is 1.36. The first-order chi connectivity index (χ1) is 17.6. The van der Waals surface area contributed by atoms with Gasteiger partial charge >= 0.3 is 0 Å². The lowest BCUT2D eigenvalue weighted by atomic mass is 9.97. The van der Waals surface area contributed by atoms with Crippen molar-refractivity contribution < 1.29 is 13.9 Å². The van der Waals surface area contributed by atoms with Crippen molar-refractivity contribution in [1.29, 1.82) is 0 Å². The molecule has 10 heteroatoms. The van der Waals surface area contributed by atoms with Gasteiger partial charge in [0.2, 0.25) is 6.79 Å². The van der Waals surface area contributed by atoms with Crippen LogP contribution in [0.25, 0.3) is 10.9 Å². The van der Waals surface area contributed by atoms with Gasteiger partial charge in [-0.1, -0.05) is 26.7 Å². The van der Waals surface area contributed by atoms with Crippen LogP contribution in [0.5, 0.6) is 11.5 Å². The Morgan fingerprint density at radius 2 is 1.97 bits per heavy atom. The summed E-state index contributed by atoms with van der Waals surface area (Å²) in [7, 11) is 0. The lowest BCUT2D eigenvalue weighted by molar-refractivity contribution is 0.0842. The summed E-state index contributed by atoms with van der Waals surface area (Å²) in [6.07, 6.45) is 6.20. The Kier molecular flexibility index (Phi) is 5.96. The van der Waals surface area contributed by atoms with Crippen LogP contribution < -0.4 is 15.0 Å². The first kappa shape index (κ1) is 22.8. The van der Waals surface area contributed by atoms with Crippen LogP contribution in [0.4, 0.5) is 0 Å². The van der Waals surface area contributed by atoms with Crippen molar-refractivity contribution in [3.63, 3.8) is 0 Å². The van der Waals surface area contributed by atoms with Gasteiger partial charge in [-0.3, -0.25) is 9.69 Å². The van der Waals surface area contributed by atoms with Crippen LogP contribution in [0.2, 0.25) is 0 Å². The Balaban J connectivity index is 1.38. The zero-order valence-corrected chi connectivity index (χ0v) is 20.5. The predicted octanol–water partition coefficient (Wildman–Crippen LogP) is 4.03. The molecule has 1 N–H and O–H groups in total. The third-order valence-electron chi connectivity index (χ3n) is 7.26. The maximum absolute atomic E-state index is 13.2. The largest absolute Gasteiger partial charge is 0.467 e. The molecule has 188 valence electrons. The van der Waals surface area contributed by atoms with Crippen molar-refractivity contribution in [2.45, 2.75) is 64.7 Å². The van der Waals surface area contributed by atoms with Crippen molar-refractivity contribution in [3.05, 3.63) is 64.1 Å². The van der Waals surface area contributed by atoms with Gasteiger partial charge in [-0.15, -0.1) is 5.10 Å². The molecule has 2 aliphatic rings. The van der Waals surface area contributed by atoms with Crippen molar-refractivity contribution in [1.82, 2.24) is 30.1 Å². The van der Waals surface area contributed by atoms with Gasteiger partial charge in [0, 0.05) is 29.6 Å². The van der Waals surface area contributed by atoms with E-state index in [-0.39, 0.29) is 24.3 Å². The Hall–Kier alpha value is -3.66. The molecule has 0 radical (unpaired) electrons. The number of H-pyrrole nitrogens is 1. The van der Waals surface area contributed by atoms with Crippen LogP contribution in [-0.2, 0) is 13.1 Å². The fourth-order valence-electron chi connectivity index (χ4n) is 5.56. The van der Waals surface area contributed by atoms with Gasteiger partial charge in [0.25, 0.3) is 5.56 Å². The highest BCUT2D eigenvalue weighted by atomic mass is 16.7. The molecule has 1 fully saturated rings. The van der Waals surface area contributed by atoms with Gasteiger partial charge in [0.1, 0.15) is 12.3 Å². The van der Waals surface area contributed by atoms with Crippen molar-refractivity contribution in [2.24, 2.45) is 5.92 Å². The standard InChI is InChI=1S/C26H30N6O4/c1-16(2)24(25-28-29-30-32(25)14-20-8-5-9-34-20)31(19-6-3-4-7-19)13-18-10-17-11-22-23(36-15-35-22)12-21(17)27-26(18)33/h5,8-12,16,19,24H,3-4,6-7,13-15H2,1-2H3,(H,27,33)/t24-/m1/s1. The van der Waals surface area contributed by atoms with Gasteiger partial charge in [-0.25, -0.2) is 4.68 Å². The molecule has 4 heterocycles. The monoisotopic (exact) mass is 490 g/mol. The summed E-state index contributed by atoms with van der Waals surface area (Å²) in [6, 6.07) is 9.80. The van der Waals surface area contributed by atoms with E-state index in [9.17, 15) is 4.79 Å². The topological polar surface area (TPSA) is 111 Å². The molecule has 0 unspecified atom stereocenters. The quantitative estimate of drug-likeness (QED) is 0.394. The predicted molar refractivity (Wildman–Crippen MR) is 132 cm³/mol. The minimum absolute atomic E-state index is 0.0649. The highest BCUT2D eigenvalue weighted by molar-refractivity contribution is 5.83. The maximum atomic E-state index is 13.2. The van der Waals surface area contributed by atoms with Gasteiger partial charge in [0.05, 0.1) is 17.8 Å². The summed E-state index contributed by atoms with van der Waals surface area (Å²) < 4.78 is 18.4. The molecule has 1 aliphatic carbocycles. The number of ether oxygens (including phenoxy) is 2. The van der Waals surface area contributed by atoms with Gasteiger partial charge in [0.15, 0.2) is 17.3 Å². The average molecular weight is 491 g/mol. The van der Waals surface area contributed by atoms with Crippen LogP contribution in [0.1, 0.15) is 62.7 Å². The van der Waals surface area contributed by atoms with E-state index in [1.54, 1.807) is 6.26 Å². The summed E-state index contributed by atoms with van der Waals surface area (Å²) in [5.74, 6) is 3.16. The molecule has 4 aromatic rings. The fraction of sp³-hybridized carbons (Fsp3) is 0.462. The number of fused-ring (bicyclic) bond motifs is 2. The SMILES string of the molecule is CC(C)[C@H](c1nnnn1Cc1ccco1)N(Cc1cc2cc3c(cc2[nH]c1=O)OCO3)C1CCCC1. The molecule has 10 nitrogen and oxygen atoms in total. The molecule has 0 amide bonds. The van der Waals surface area contributed by atoms with Gasteiger partial charge < -0.3 is 18.9 Å². The number of rotatable bonds is 8. The summed E-state index contributed by atoms with van der Waals surface area (Å²) in [6.45, 7) is 5.52. The number of pyridine rings is 1. The third-order valence-corrected chi connectivity index (χ3v) is 7.26. The molecule has 3 aromatic heterocycles. The third kappa shape index (κ3) is 4.26. The minimum Gasteiger partial charge on any atom is -0.467 e. The van der Waals surface area contributed by atoms with Gasteiger partial charge in [-0.2, -0.15) is 0 Å². The second-order valence-electron chi connectivity index (χ2n) is 9.99. The zero-order chi connectivity index (χ0) is 24.6. The van der Waals surface area contributed by atoms with E-state index in [0.29, 0.717) is 36.2 Å². The molecule has 1 aliphatic heterocycles. The number of aromatic amines is 1.